The van der Waals surface area contributed by atoms with Crippen LogP contribution in [0.3, 0.4) is 0 Å². The molecule has 0 atom stereocenters. The fourth-order valence-corrected chi connectivity index (χ4v) is 4.86. The van der Waals surface area contributed by atoms with Gasteiger partial charge < -0.3 is 9.64 Å². The standard InChI is InChI=1S/C29H24N6O3/c1-38-24-12-10-23(11-13-24)35-28-26(27(32-35)18-34-30-15-16-31-34)14-17-33(29(28)37)22-8-6-20(7-9-22)25-5-3-2-4-21(25)19-36/h2-13,15-16,19H,14,17-18H2,1H3. The molecule has 0 unspecified atom stereocenters. The van der Waals surface area contributed by atoms with Crippen molar-refractivity contribution in [2.45, 2.75) is 13.0 Å². The highest BCUT2D eigenvalue weighted by atomic mass is 16.5. The molecule has 0 saturated carbocycles. The molecule has 0 saturated heterocycles. The van der Waals surface area contributed by atoms with Gasteiger partial charge in [0.05, 0.1) is 30.9 Å². The van der Waals surface area contributed by atoms with Crippen molar-refractivity contribution in [3.63, 3.8) is 0 Å². The van der Waals surface area contributed by atoms with Gasteiger partial charge in [0.25, 0.3) is 5.91 Å². The van der Waals surface area contributed by atoms with Crippen LogP contribution in [-0.2, 0) is 13.0 Å². The zero-order chi connectivity index (χ0) is 26.1. The van der Waals surface area contributed by atoms with E-state index in [9.17, 15) is 9.59 Å². The number of aromatic nitrogens is 5. The van der Waals surface area contributed by atoms with Crippen LogP contribution >= 0.6 is 0 Å². The Labute approximate surface area is 218 Å². The van der Waals surface area contributed by atoms with E-state index in [1.807, 2.05) is 66.7 Å². The first-order chi connectivity index (χ1) is 18.7. The lowest BCUT2D eigenvalue weighted by Gasteiger charge is -2.28. The van der Waals surface area contributed by atoms with E-state index in [2.05, 4.69) is 10.2 Å². The van der Waals surface area contributed by atoms with E-state index in [0.717, 1.165) is 45.8 Å². The molecule has 3 heterocycles. The third kappa shape index (κ3) is 4.13. The quantitative estimate of drug-likeness (QED) is 0.308. The van der Waals surface area contributed by atoms with Crippen LogP contribution in [-0.4, -0.2) is 50.6 Å². The average Bonchev–Trinajstić information content (AvgIpc) is 3.62. The maximum Gasteiger partial charge on any atom is 0.277 e. The zero-order valence-electron chi connectivity index (χ0n) is 20.7. The van der Waals surface area contributed by atoms with Crippen LogP contribution in [0.2, 0.25) is 0 Å². The first kappa shape index (κ1) is 23.4. The molecule has 3 aromatic carbocycles. The molecule has 0 radical (unpaired) electrons. The van der Waals surface area contributed by atoms with Crippen molar-refractivity contribution in [3.8, 4) is 22.6 Å². The summed E-state index contributed by atoms with van der Waals surface area (Å²) in [5.41, 5.74) is 6.13. The van der Waals surface area contributed by atoms with Gasteiger partial charge in [-0.25, -0.2) is 4.68 Å². The Bertz CT molecular complexity index is 1610. The van der Waals surface area contributed by atoms with Gasteiger partial charge in [0.1, 0.15) is 18.0 Å². The second-order valence-electron chi connectivity index (χ2n) is 8.90. The highest BCUT2D eigenvalue weighted by Gasteiger charge is 2.33. The van der Waals surface area contributed by atoms with Crippen LogP contribution in [0.5, 0.6) is 5.75 Å². The van der Waals surface area contributed by atoms with Gasteiger partial charge in [0, 0.05) is 23.4 Å². The molecule has 9 nitrogen and oxygen atoms in total. The van der Waals surface area contributed by atoms with Crippen LogP contribution in [0.15, 0.2) is 85.2 Å². The molecule has 0 aliphatic carbocycles. The number of ether oxygens (including phenoxy) is 1. The van der Waals surface area contributed by atoms with E-state index in [0.29, 0.717) is 30.8 Å². The Balaban J connectivity index is 1.37. The number of aldehydes is 1. The summed E-state index contributed by atoms with van der Waals surface area (Å²) < 4.78 is 7.01. The number of methoxy groups -OCH3 is 1. The summed E-state index contributed by atoms with van der Waals surface area (Å²) in [5.74, 6) is 0.593. The monoisotopic (exact) mass is 504 g/mol. The molecule has 5 aromatic rings. The molecular formula is C29H24N6O3. The normalized spacial score (nSPS) is 12.9. The van der Waals surface area contributed by atoms with E-state index in [1.54, 1.807) is 39.9 Å². The Kier molecular flexibility index (Phi) is 6.01. The Hall–Kier alpha value is -5.05. The van der Waals surface area contributed by atoms with Crippen molar-refractivity contribution in [1.29, 1.82) is 0 Å². The van der Waals surface area contributed by atoms with Crippen LogP contribution in [0.1, 0.15) is 32.1 Å². The van der Waals surface area contributed by atoms with E-state index >= 15 is 0 Å². The molecule has 1 amide bonds. The molecular weight excluding hydrogens is 480 g/mol. The van der Waals surface area contributed by atoms with Crippen molar-refractivity contribution >= 4 is 17.9 Å². The Morgan fingerprint density at radius 1 is 0.921 bits per heavy atom. The number of nitrogens with zero attached hydrogens (tertiary/aromatic N) is 6. The molecule has 0 bridgehead atoms. The van der Waals surface area contributed by atoms with Crippen molar-refractivity contribution in [2.75, 3.05) is 18.6 Å². The number of rotatable bonds is 7. The zero-order valence-corrected chi connectivity index (χ0v) is 20.7. The van der Waals surface area contributed by atoms with Crippen LogP contribution in [0, 0.1) is 0 Å². The van der Waals surface area contributed by atoms with Gasteiger partial charge in [-0.2, -0.15) is 20.1 Å². The number of carbonyl (C=O) groups is 2. The van der Waals surface area contributed by atoms with Crippen LogP contribution < -0.4 is 9.64 Å². The summed E-state index contributed by atoms with van der Waals surface area (Å²) >= 11 is 0. The minimum absolute atomic E-state index is 0.129. The number of carbonyl (C=O) groups excluding carboxylic acids is 2. The number of anilines is 1. The smallest absolute Gasteiger partial charge is 0.277 e. The number of hydrogen-bond donors (Lipinski definition) is 0. The minimum atomic E-state index is -0.129. The van der Waals surface area contributed by atoms with Crippen molar-refractivity contribution in [1.82, 2.24) is 24.8 Å². The van der Waals surface area contributed by atoms with Gasteiger partial charge in [-0.05, 0) is 53.9 Å². The molecule has 38 heavy (non-hydrogen) atoms. The molecule has 1 aliphatic rings. The number of amides is 1. The molecule has 6 rings (SSSR count). The number of hydrogen-bond acceptors (Lipinski definition) is 6. The van der Waals surface area contributed by atoms with Crippen molar-refractivity contribution < 1.29 is 14.3 Å². The van der Waals surface area contributed by atoms with E-state index in [1.165, 1.54) is 0 Å². The topological polar surface area (TPSA) is 95.1 Å². The fraction of sp³-hybridized carbons (Fsp3) is 0.138. The second-order valence-corrected chi connectivity index (χ2v) is 8.90. The lowest BCUT2D eigenvalue weighted by molar-refractivity contribution is 0.0972. The molecule has 0 spiro atoms. The predicted octanol–water partition coefficient (Wildman–Crippen LogP) is 4.20. The van der Waals surface area contributed by atoms with Gasteiger partial charge in [-0.3, -0.25) is 9.59 Å². The van der Waals surface area contributed by atoms with Gasteiger partial charge in [-0.15, -0.1) is 0 Å². The lowest BCUT2D eigenvalue weighted by Crippen LogP contribution is -2.38. The largest absolute Gasteiger partial charge is 0.497 e. The summed E-state index contributed by atoms with van der Waals surface area (Å²) in [6, 6.07) is 22.6. The van der Waals surface area contributed by atoms with E-state index in [-0.39, 0.29) is 5.91 Å². The molecule has 188 valence electrons. The minimum Gasteiger partial charge on any atom is -0.497 e. The number of fused-ring (bicyclic) bond motifs is 1. The Morgan fingerprint density at radius 3 is 2.34 bits per heavy atom. The predicted molar refractivity (Wildman–Crippen MR) is 142 cm³/mol. The Morgan fingerprint density at radius 2 is 1.63 bits per heavy atom. The fourth-order valence-electron chi connectivity index (χ4n) is 4.86. The lowest BCUT2D eigenvalue weighted by atomic mass is 9.99. The van der Waals surface area contributed by atoms with E-state index < -0.39 is 0 Å². The summed E-state index contributed by atoms with van der Waals surface area (Å²) in [5, 5.41) is 13.3. The second kappa shape index (κ2) is 9.78. The van der Waals surface area contributed by atoms with Gasteiger partial charge in [-0.1, -0.05) is 36.4 Å². The highest BCUT2D eigenvalue weighted by molar-refractivity contribution is 6.07. The summed E-state index contributed by atoms with van der Waals surface area (Å²) in [6.07, 6.45) is 4.74. The maximum absolute atomic E-state index is 14.0. The summed E-state index contributed by atoms with van der Waals surface area (Å²) in [6.45, 7) is 0.889. The van der Waals surface area contributed by atoms with Crippen molar-refractivity contribution in [2.24, 2.45) is 0 Å². The third-order valence-corrected chi connectivity index (χ3v) is 6.75. The van der Waals surface area contributed by atoms with Gasteiger partial charge in [0.15, 0.2) is 6.29 Å². The molecule has 0 N–H and O–H groups in total. The molecule has 0 fully saturated rings. The highest BCUT2D eigenvalue weighted by Crippen LogP contribution is 2.31. The summed E-state index contributed by atoms with van der Waals surface area (Å²) in [4.78, 5) is 28.8. The SMILES string of the molecule is COc1ccc(-n2nc(Cn3nccn3)c3c2C(=O)N(c2ccc(-c4ccccc4C=O)cc2)CC3)cc1. The average molecular weight is 505 g/mol. The molecule has 2 aromatic heterocycles. The maximum atomic E-state index is 14.0. The number of benzene rings is 3. The van der Waals surface area contributed by atoms with Gasteiger partial charge in [0.2, 0.25) is 0 Å². The van der Waals surface area contributed by atoms with Gasteiger partial charge >= 0.3 is 0 Å². The van der Waals surface area contributed by atoms with Crippen molar-refractivity contribution in [3.05, 3.63) is 108 Å². The first-order valence-electron chi connectivity index (χ1n) is 12.2. The third-order valence-electron chi connectivity index (χ3n) is 6.75. The molecule has 1 aliphatic heterocycles. The first-order valence-corrected chi connectivity index (χ1v) is 12.2. The molecule has 9 heteroatoms. The van der Waals surface area contributed by atoms with Crippen LogP contribution in [0.4, 0.5) is 5.69 Å². The van der Waals surface area contributed by atoms with Crippen LogP contribution in [0.25, 0.3) is 16.8 Å². The summed E-state index contributed by atoms with van der Waals surface area (Å²) in [7, 11) is 1.62. The van der Waals surface area contributed by atoms with E-state index in [4.69, 9.17) is 9.84 Å².